The fraction of sp³-hybridized carbons (Fsp3) is 0.0952. The van der Waals surface area contributed by atoms with E-state index in [2.05, 4.69) is 0 Å². The van der Waals surface area contributed by atoms with E-state index in [1.807, 2.05) is 55.5 Å². The minimum atomic E-state index is -0.399. The number of ether oxygens (including phenoxy) is 2. The molecule has 3 rings (SSSR count). The molecule has 0 bridgehead atoms. The van der Waals surface area contributed by atoms with Gasteiger partial charge in [0.25, 0.3) is 0 Å². The summed E-state index contributed by atoms with van der Waals surface area (Å²) in [7, 11) is 0. The van der Waals surface area contributed by atoms with Crippen molar-refractivity contribution in [1.29, 1.82) is 0 Å². The van der Waals surface area contributed by atoms with E-state index in [1.165, 1.54) is 0 Å². The van der Waals surface area contributed by atoms with Crippen molar-refractivity contribution in [1.82, 2.24) is 0 Å². The van der Waals surface area contributed by atoms with Gasteiger partial charge in [0.2, 0.25) is 0 Å². The highest BCUT2D eigenvalue weighted by atomic mass is 16.5. The molecule has 0 heterocycles. The van der Waals surface area contributed by atoms with Crippen molar-refractivity contribution in [2.45, 2.75) is 6.92 Å². The summed E-state index contributed by atoms with van der Waals surface area (Å²) in [5.41, 5.74) is 2.67. The molecule has 0 aliphatic rings. The molecule has 0 radical (unpaired) electrons. The number of esters is 1. The molecule has 3 aromatic rings. The summed E-state index contributed by atoms with van der Waals surface area (Å²) in [6.07, 6.45) is 0. The van der Waals surface area contributed by atoms with Gasteiger partial charge in [-0.3, -0.25) is 0 Å². The number of carbonyl (C=O) groups excluding carboxylic acids is 1. The van der Waals surface area contributed by atoms with Gasteiger partial charge in [-0.1, -0.05) is 48.5 Å². The fourth-order valence-corrected chi connectivity index (χ4v) is 2.39. The zero-order valence-electron chi connectivity index (χ0n) is 13.4. The Morgan fingerprint density at radius 2 is 1.50 bits per heavy atom. The predicted octanol–water partition coefficient (Wildman–Crippen LogP) is 4.97. The van der Waals surface area contributed by atoms with Crippen molar-refractivity contribution < 1.29 is 14.3 Å². The van der Waals surface area contributed by atoms with Gasteiger partial charge >= 0.3 is 5.97 Å². The molecule has 0 spiro atoms. The first-order valence-electron chi connectivity index (χ1n) is 7.87. The Bertz CT molecular complexity index is 808. The number of hydrogen-bond donors (Lipinski definition) is 0. The van der Waals surface area contributed by atoms with Crippen LogP contribution in [0, 0.1) is 0 Å². The predicted molar refractivity (Wildman–Crippen MR) is 94.4 cm³/mol. The molecule has 0 atom stereocenters. The third-order valence-electron chi connectivity index (χ3n) is 3.55. The maximum atomic E-state index is 12.2. The maximum Gasteiger partial charge on any atom is 0.343 e. The van der Waals surface area contributed by atoms with E-state index in [0.29, 0.717) is 23.7 Å². The van der Waals surface area contributed by atoms with Gasteiger partial charge < -0.3 is 9.47 Å². The molecule has 0 amide bonds. The Morgan fingerprint density at radius 1 is 0.792 bits per heavy atom. The number of rotatable bonds is 5. The Morgan fingerprint density at radius 3 is 2.21 bits per heavy atom. The zero-order valence-corrected chi connectivity index (χ0v) is 13.4. The lowest BCUT2D eigenvalue weighted by Crippen LogP contribution is -2.08. The van der Waals surface area contributed by atoms with Crippen LogP contribution in [-0.2, 0) is 0 Å². The van der Waals surface area contributed by atoms with Crippen LogP contribution in [0.4, 0.5) is 0 Å². The molecule has 0 N–H and O–H groups in total. The third-order valence-corrected chi connectivity index (χ3v) is 3.55. The van der Waals surface area contributed by atoms with Gasteiger partial charge in [0.1, 0.15) is 11.5 Å². The molecule has 3 nitrogen and oxygen atoms in total. The molecule has 0 aliphatic carbocycles. The molecule has 0 aromatic heterocycles. The first-order chi connectivity index (χ1) is 11.8. The topological polar surface area (TPSA) is 35.5 Å². The average Bonchev–Trinajstić information content (AvgIpc) is 2.64. The quantitative estimate of drug-likeness (QED) is 0.492. The van der Waals surface area contributed by atoms with Crippen molar-refractivity contribution in [3.8, 4) is 22.6 Å². The van der Waals surface area contributed by atoms with E-state index in [9.17, 15) is 4.79 Å². The van der Waals surface area contributed by atoms with E-state index in [-0.39, 0.29) is 0 Å². The number of benzene rings is 3. The Kier molecular flexibility index (Phi) is 4.92. The molecule has 0 saturated heterocycles. The van der Waals surface area contributed by atoms with Crippen molar-refractivity contribution in [3.05, 3.63) is 84.4 Å². The van der Waals surface area contributed by atoms with E-state index in [1.54, 1.807) is 30.3 Å². The Labute approximate surface area is 141 Å². The van der Waals surface area contributed by atoms with Crippen LogP contribution in [0.5, 0.6) is 11.5 Å². The molecule has 3 aromatic carbocycles. The minimum Gasteiger partial charge on any atom is -0.494 e. The van der Waals surface area contributed by atoms with Crippen LogP contribution in [0.15, 0.2) is 78.9 Å². The van der Waals surface area contributed by atoms with Gasteiger partial charge in [0, 0.05) is 0 Å². The first-order valence-corrected chi connectivity index (χ1v) is 7.87. The fourth-order valence-electron chi connectivity index (χ4n) is 2.39. The van der Waals surface area contributed by atoms with Crippen molar-refractivity contribution >= 4 is 5.97 Å². The van der Waals surface area contributed by atoms with Gasteiger partial charge in [0.15, 0.2) is 0 Å². The maximum absolute atomic E-state index is 12.2. The molecule has 0 saturated carbocycles. The summed E-state index contributed by atoms with van der Waals surface area (Å²) < 4.78 is 10.8. The summed E-state index contributed by atoms with van der Waals surface area (Å²) in [4.78, 5) is 12.2. The SMILES string of the molecule is CCOc1cccc(C(=O)Oc2ccc(-c3ccccc3)cc2)c1. The molecule has 3 heteroatoms. The van der Waals surface area contributed by atoms with Crippen LogP contribution in [0.25, 0.3) is 11.1 Å². The summed E-state index contributed by atoms with van der Waals surface area (Å²) in [5, 5.41) is 0. The van der Waals surface area contributed by atoms with Gasteiger partial charge in [-0.05, 0) is 48.4 Å². The average molecular weight is 318 g/mol. The Balaban J connectivity index is 1.72. The lowest BCUT2D eigenvalue weighted by Gasteiger charge is -2.08. The van der Waals surface area contributed by atoms with Crippen LogP contribution < -0.4 is 9.47 Å². The summed E-state index contributed by atoms with van der Waals surface area (Å²) in [6.45, 7) is 2.46. The first kappa shape index (κ1) is 15.8. The normalized spacial score (nSPS) is 10.2. The van der Waals surface area contributed by atoms with Crippen LogP contribution >= 0.6 is 0 Å². The molecule has 24 heavy (non-hydrogen) atoms. The Hall–Kier alpha value is -3.07. The molecular formula is C21H18O3. The smallest absolute Gasteiger partial charge is 0.343 e. The third kappa shape index (κ3) is 3.82. The molecular weight excluding hydrogens is 300 g/mol. The molecule has 0 aliphatic heterocycles. The molecule has 120 valence electrons. The highest BCUT2D eigenvalue weighted by Crippen LogP contribution is 2.23. The largest absolute Gasteiger partial charge is 0.494 e. The summed E-state index contributed by atoms with van der Waals surface area (Å²) in [6, 6.07) is 24.5. The monoisotopic (exact) mass is 318 g/mol. The second-order valence-corrected chi connectivity index (χ2v) is 5.24. The van der Waals surface area contributed by atoms with Crippen LogP contribution in [0.2, 0.25) is 0 Å². The van der Waals surface area contributed by atoms with Crippen molar-refractivity contribution in [3.63, 3.8) is 0 Å². The summed E-state index contributed by atoms with van der Waals surface area (Å²) in [5.74, 6) is 0.775. The van der Waals surface area contributed by atoms with Gasteiger partial charge in [0.05, 0.1) is 12.2 Å². The number of carbonyl (C=O) groups is 1. The second kappa shape index (κ2) is 7.47. The van der Waals surface area contributed by atoms with E-state index >= 15 is 0 Å². The van der Waals surface area contributed by atoms with Crippen LogP contribution in [-0.4, -0.2) is 12.6 Å². The highest BCUT2D eigenvalue weighted by Gasteiger charge is 2.10. The van der Waals surface area contributed by atoms with Gasteiger partial charge in [-0.15, -0.1) is 0 Å². The van der Waals surface area contributed by atoms with Gasteiger partial charge in [-0.25, -0.2) is 4.79 Å². The molecule has 0 unspecified atom stereocenters. The second-order valence-electron chi connectivity index (χ2n) is 5.24. The number of hydrogen-bond acceptors (Lipinski definition) is 3. The van der Waals surface area contributed by atoms with Crippen molar-refractivity contribution in [2.75, 3.05) is 6.61 Å². The zero-order chi connectivity index (χ0) is 16.8. The lowest BCUT2D eigenvalue weighted by molar-refractivity contribution is 0.0734. The van der Waals surface area contributed by atoms with E-state index in [4.69, 9.17) is 9.47 Å². The van der Waals surface area contributed by atoms with Crippen LogP contribution in [0.1, 0.15) is 17.3 Å². The standard InChI is InChI=1S/C21H18O3/c1-2-23-20-10-6-9-18(15-20)21(22)24-19-13-11-17(12-14-19)16-7-4-3-5-8-16/h3-15H,2H2,1H3. The summed E-state index contributed by atoms with van der Waals surface area (Å²) >= 11 is 0. The highest BCUT2D eigenvalue weighted by molar-refractivity contribution is 5.91. The molecule has 0 fully saturated rings. The van der Waals surface area contributed by atoms with Gasteiger partial charge in [-0.2, -0.15) is 0 Å². The van der Waals surface area contributed by atoms with Crippen molar-refractivity contribution in [2.24, 2.45) is 0 Å². The van der Waals surface area contributed by atoms with Crippen LogP contribution in [0.3, 0.4) is 0 Å². The lowest BCUT2D eigenvalue weighted by atomic mass is 10.1. The van der Waals surface area contributed by atoms with E-state index < -0.39 is 5.97 Å². The van der Waals surface area contributed by atoms with E-state index in [0.717, 1.165) is 11.1 Å². The minimum absolute atomic E-state index is 0.399.